The molecule has 14 heavy (non-hydrogen) atoms. The van der Waals surface area contributed by atoms with Gasteiger partial charge in [-0.3, -0.25) is 4.90 Å². The van der Waals surface area contributed by atoms with E-state index in [2.05, 4.69) is 31.0 Å². The van der Waals surface area contributed by atoms with Crippen LogP contribution in [0.5, 0.6) is 0 Å². The van der Waals surface area contributed by atoms with E-state index >= 15 is 0 Å². The van der Waals surface area contributed by atoms with Gasteiger partial charge in [-0.15, -0.1) is 0 Å². The smallest absolute Gasteiger partial charge is 0.0218 e. The maximum atomic E-state index is 3.48. The van der Waals surface area contributed by atoms with Gasteiger partial charge < -0.3 is 5.32 Å². The summed E-state index contributed by atoms with van der Waals surface area (Å²) in [5.74, 6) is 0.868. The molecular formula is C12H26N2. The van der Waals surface area contributed by atoms with Gasteiger partial charge >= 0.3 is 0 Å². The molecule has 0 spiro atoms. The molecule has 1 aliphatic rings. The molecule has 1 aliphatic heterocycles. The molecule has 1 rings (SSSR count). The molecule has 2 atom stereocenters. The summed E-state index contributed by atoms with van der Waals surface area (Å²) in [6.45, 7) is 11.9. The van der Waals surface area contributed by atoms with Gasteiger partial charge in [0, 0.05) is 32.2 Å². The van der Waals surface area contributed by atoms with Crippen molar-refractivity contribution in [2.24, 2.45) is 5.92 Å². The van der Waals surface area contributed by atoms with E-state index in [0.717, 1.165) is 12.0 Å². The number of hydrogen-bond acceptors (Lipinski definition) is 2. The van der Waals surface area contributed by atoms with Crippen LogP contribution in [-0.4, -0.2) is 37.1 Å². The van der Waals surface area contributed by atoms with Gasteiger partial charge in [0.05, 0.1) is 0 Å². The minimum Gasteiger partial charge on any atom is -0.314 e. The first-order chi connectivity index (χ1) is 6.77. The Morgan fingerprint density at radius 2 is 2.21 bits per heavy atom. The summed E-state index contributed by atoms with van der Waals surface area (Å²) in [5, 5.41) is 3.48. The standard InChI is InChI=1S/C12H26N2/c1-4-6-11(3)10-14-8-7-13-9-12(14)5-2/h11-13H,4-10H2,1-3H3. The zero-order valence-electron chi connectivity index (χ0n) is 10.1. The molecule has 1 N–H and O–H groups in total. The summed E-state index contributed by atoms with van der Waals surface area (Å²) in [6.07, 6.45) is 3.98. The average Bonchev–Trinajstić information content (AvgIpc) is 2.19. The third-order valence-electron chi connectivity index (χ3n) is 3.27. The normalized spacial score (nSPS) is 26.4. The van der Waals surface area contributed by atoms with E-state index in [1.54, 1.807) is 0 Å². The van der Waals surface area contributed by atoms with E-state index in [4.69, 9.17) is 0 Å². The predicted octanol–water partition coefficient (Wildman–Crippen LogP) is 2.11. The van der Waals surface area contributed by atoms with Crippen LogP contribution >= 0.6 is 0 Å². The maximum Gasteiger partial charge on any atom is 0.0218 e. The van der Waals surface area contributed by atoms with Crippen molar-refractivity contribution in [1.29, 1.82) is 0 Å². The van der Waals surface area contributed by atoms with E-state index in [9.17, 15) is 0 Å². The lowest BCUT2D eigenvalue weighted by Crippen LogP contribution is -2.52. The van der Waals surface area contributed by atoms with Gasteiger partial charge in [-0.1, -0.05) is 27.2 Å². The van der Waals surface area contributed by atoms with Crippen LogP contribution in [0.4, 0.5) is 0 Å². The number of nitrogens with zero attached hydrogens (tertiary/aromatic N) is 1. The first-order valence-electron chi connectivity index (χ1n) is 6.22. The quantitative estimate of drug-likeness (QED) is 0.728. The largest absolute Gasteiger partial charge is 0.314 e. The van der Waals surface area contributed by atoms with E-state index in [1.807, 2.05) is 0 Å². The fourth-order valence-electron chi connectivity index (χ4n) is 2.43. The van der Waals surface area contributed by atoms with Crippen LogP contribution in [0.25, 0.3) is 0 Å². The lowest BCUT2D eigenvalue weighted by Gasteiger charge is -2.37. The van der Waals surface area contributed by atoms with Gasteiger partial charge in [0.25, 0.3) is 0 Å². The van der Waals surface area contributed by atoms with E-state index in [0.29, 0.717) is 0 Å². The minimum atomic E-state index is 0.781. The molecule has 0 saturated carbocycles. The van der Waals surface area contributed by atoms with Gasteiger partial charge in [0.15, 0.2) is 0 Å². The lowest BCUT2D eigenvalue weighted by atomic mass is 10.0. The summed E-state index contributed by atoms with van der Waals surface area (Å²) in [5.41, 5.74) is 0. The predicted molar refractivity (Wildman–Crippen MR) is 62.6 cm³/mol. The van der Waals surface area contributed by atoms with Gasteiger partial charge in [0.1, 0.15) is 0 Å². The van der Waals surface area contributed by atoms with Crippen molar-refractivity contribution in [2.45, 2.75) is 46.1 Å². The van der Waals surface area contributed by atoms with Gasteiger partial charge in [-0.05, 0) is 18.8 Å². The molecule has 2 heteroatoms. The second-order valence-electron chi connectivity index (χ2n) is 4.65. The highest BCUT2D eigenvalue weighted by atomic mass is 15.2. The molecule has 0 aromatic carbocycles. The van der Waals surface area contributed by atoms with E-state index in [-0.39, 0.29) is 0 Å². The molecule has 1 heterocycles. The Morgan fingerprint density at radius 1 is 1.43 bits per heavy atom. The SMILES string of the molecule is CCCC(C)CN1CCNCC1CC. The highest BCUT2D eigenvalue weighted by Crippen LogP contribution is 2.13. The lowest BCUT2D eigenvalue weighted by molar-refractivity contribution is 0.134. The highest BCUT2D eigenvalue weighted by molar-refractivity contribution is 4.79. The van der Waals surface area contributed by atoms with Gasteiger partial charge in [-0.2, -0.15) is 0 Å². The Kier molecular flexibility index (Phi) is 5.49. The Labute approximate surface area is 89.1 Å². The molecule has 0 amide bonds. The summed E-state index contributed by atoms with van der Waals surface area (Å²) >= 11 is 0. The van der Waals surface area contributed by atoms with Gasteiger partial charge in [-0.25, -0.2) is 0 Å². The van der Waals surface area contributed by atoms with Crippen molar-refractivity contribution >= 4 is 0 Å². The van der Waals surface area contributed by atoms with Gasteiger partial charge in [0.2, 0.25) is 0 Å². The summed E-state index contributed by atoms with van der Waals surface area (Å²) in [7, 11) is 0. The van der Waals surface area contributed by atoms with E-state index < -0.39 is 0 Å². The van der Waals surface area contributed by atoms with Crippen molar-refractivity contribution in [2.75, 3.05) is 26.2 Å². The molecule has 1 saturated heterocycles. The minimum absolute atomic E-state index is 0.781. The molecule has 0 radical (unpaired) electrons. The monoisotopic (exact) mass is 198 g/mol. The summed E-state index contributed by atoms with van der Waals surface area (Å²) < 4.78 is 0. The van der Waals surface area contributed by atoms with Crippen LogP contribution in [0, 0.1) is 5.92 Å². The van der Waals surface area contributed by atoms with Crippen molar-refractivity contribution in [3.63, 3.8) is 0 Å². The zero-order valence-corrected chi connectivity index (χ0v) is 10.1. The molecule has 1 fully saturated rings. The van der Waals surface area contributed by atoms with Crippen LogP contribution in [0.3, 0.4) is 0 Å². The second kappa shape index (κ2) is 6.41. The van der Waals surface area contributed by atoms with Crippen LogP contribution in [-0.2, 0) is 0 Å². The molecular weight excluding hydrogens is 172 g/mol. The number of nitrogens with one attached hydrogen (secondary N) is 1. The molecule has 0 aromatic rings. The molecule has 2 nitrogen and oxygen atoms in total. The van der Waals surface area contributed by atoms with Crippen molar-refractivity contribution < 1.29 is 0 Å². The Balaban J connectivity index is 2.32. The maximum absolute atomic E-state index is 3.48. The molecule has 0 aromatic heterocycles. The highest BCUT2D eigenvalue weighted by Gasteiger charge is 2.21. The van der Waals surface area contributed by atoms with Crippen LogP contribution in [0.2, 0.25) is 0 Å². The number of hydrogen-bond donors (Lipinski definition) is 1. The average molecular weight is 198 g/mol. The van der Waals surface area contributed by atoms with Crippen LogP contribution in [0.15, 0.2) is 0 Å². The topological polar surface area (TPSA) is 15.3 Å². The number of rotatable bonds is 5. The summed E-state index contributed by atoms with van der Waals surface area (Å²) in [4.78, 5) is 2.68. The van der Waals surface area contributed by atoms with Crippen molar-refractivity contribution in [3.05, 3.63) is 0 Å². The number of piperazine rings is 1. The fraction of sp³-hybridized carbons (Fsp3) is 1.00. The van der Waals surface area contributed by atoms with E-state index in [1.165, 1.54) is 45.4 Å². The van der Waals surface area contributed by atoms with Crippen LogP contribution < -0.4 is 5.32 Å². The Hall–Kier alpha value is -0.0800. The first-order valence-corrected chi connectivity index (χ1v) is 6.22. The molecule has 2 unspecified atom stereocenters. The third-order valence-corrected chi connectivity index (χ3v) is 3.27. The second-order valence-corrected chi connectivity index (χ2v) is 4.65. The van der Waals surface area contributed by atoms with Crippen molar-refractivity contribution in [1.82, 2.24) is 10.2 Å². The Morgan fingerprint density at radius 3 is 2.86 bits per heavy atom. The molecule has 84 valence electrons. The first kappa shape index (κ1) is 12.0. The molecule has 0 aliphatic carbocycles. The third kappa shape index (κ3) is 3.58. The molecule has 0 bridgehead atoms. The zero-order chi connectivity index (χ0) is 10.4. The fourth-order valence-corrected chi connectivity index (χ4v) is 2.43. The summed E-state index contributed by atoms with van der Waals surface area (Å²) in [6, 6.07) is 0.781. The Bertz CT molecular complexity index is 147. The van der Waals surface area contributed by atoms with Crippen molar-refractivity contribution in [3.8, 4) is 0 Å². The van der Waals surface area contributed by atoms with Crippen LogP contribution in [0.1, 0.15) is 40.0 Å².